The highest BCUT2D eigenvalue weighted by atomic mass is 35.5. The topological polar surface area (TPSA) is 6.48 Å². The van der Waals surface area contributed by atoms with Gasteiger partial charge in [-0.3, -0.25) is 0 Å². The van der Waals surface area contributed by atoms with Crippen LogP contribution in [-0.4, -0.2) is 38.6 Å². The van der Waals surface area contributed by atoms with Crippen LogP contribution in [-0.2, 0) is 0 Å². The summed E-state index contributed by atoms with van der Waals surface area (Å²) in [6.45, 7) is 7.35. The van der Waals surface area contributed by atoms with Gasteiger partial charge in [-0.1, -0.05) is 26.0 Å². The summed E-state index contributed by atoms with van der Waals surface area (Å²) in [5.41, 5.74) is 2.41. The van der Waals surface area contributed by atoms with Crippen molar-refractivity contribution in [1.29, 1.82) is 0 Å². The second-order valence-electron chi connectivity index (χ2n) is 4.44. The molecule has 0 spiro atoms. The minimum absolute atomic E-state index is 0.0751. The average Bonchev–Trinajstić information content (AvgIpc) is 2.35. The molecule has 0 aromatic heterocycles. The van der Waals surface area contributed by atoms with E-state index in [2.05, 4.69) is 47.9 Å². The first kappa shape index (κ1) is 14.3. The van der Waals surface area contributed by atoms with Crippen molar-refractivity contribution in [3.8, 4) is 0 Å². The van der Waals surface area contributed by atoms with Crippen LogP contribution < -0.4 is 4.90 Å². The van der Waals surface area contributed by atoms with Gasteiger partial charge in [0.2, 0.25) is 0 Å². The molecule has 17 heavy (non-hydrogen) atoms. The number of hydrogen-bond donors (Lipinski definition) is 0. The highest BCUT2D eigenvalue weighted by Gasteiger charge is 2.11. The molecule has 0 N–H and O–H groups in total. The number of halogens is 1. The molecule has 0 aliphatic rings. The first-order valence-electron chi connectivity index (χ1n) is 6.22. The van der Waals surface area contributed by atoms with E-state index in [4.69, 9.17) is 11.6 Å². The van der Waals surface area contributed by atoms with Crippen LogP contribution in [0.1, 0.15) is 24.8 Å². The first-order valence-corrected chi connectivity index (χ1v) is 6.65. The minimum atomic E-state index is 0.0751. The number of likely N-dealkylation sites (N-methyl/N-ethyl adjacent to an activating group) is 1. The molecule has 3 heteroatoms. The lowest BCUT2D eigenvalue weighted by Crippen LogP contribution is -2.26. The molecule has 0 saturated heterocycles. The standard InChI is InChI=1S/C14H23ClN2/c1-5-17(6-2)11-14(15)12-7-9-13(10-8-12)16(3)4/h7-10,14H,5-6,11H2,1-4H3. The van der Waals surface area contributed by atoms with Gasteiger partial charge in [0.25, 0.3) is 0 Å². The molecule has 0 aliphatic carbocycles. The van der Waals surface area contributed by atoms with E-state index in [0.29, 0.717) is 0 Å². The van der Waals surface area contributed by atoms with Crippen molar-refractivity contribution < 1.29 is 0 Å². The summed E-state index contributed by atoms with van der Waals surface area (Å²) >= 11 is 6.44. The Balaban J connectivity index is 2.66. The van der Waals surface area contributed by atoms with Crippen LogP contribution in [0.3, 0.4) is 0 Å². The molecule has 0 fully saturated rings. The smallest absolute Gasteiger partial charge is 0.0712 e. The number of hydrogen-bond acceptors (Lipinski definition) is 2. The van der Waals surface area contributed by atoms with Crippen LogP contribution >= 0.6 is 11.6 Å². The lowest BCUT2D eigenvalue weighted by Gasteiger charge is -2.22. The van der Waals surface area contributed by atoms with Crippen LogP contribution in [0.4, 0.5) is 5.69 Å². The molecule has 2 nitrogen and oxygen atoms in total. The Labute approximate surface area is 110 Å². The van der Waals surface area contributed by atoms with E-state index < -0.39 is 0 Å². The molecule has 1 aromatic carbocycles. The summed E-state index contributed by atoms with van der Waals surface area (Å²) < 4.78 is 0. The van der Waals surface area contributed by atoms with Crippen LogP contribution in [0.2, 0.25) is 0 Å². The number of alkyl halides is 1. The van der Waals surface area contributed by atoms with E-state index in [9.17, 15) is 0 Å². The second-order valence-corrected chi connectivity index (χ2v) is 4.97. The van der Waals surface area contributed by atoms with E-state index in [1.54, 1.807) is 0 Å². The Morgan fingerprint density at radius 2 is 1.59 bits per heavy atom. The van der Waals surface area contributed by atoms with Crippen LogP contribution in [0.5, 0.6) is 0 Å². The highest BCUT2D eigenvalue weighted by molar-refractivity contribution is 6.21. The third-order valence-corrected chi connectivity index (χ3v) is 3.47. The quantitative estimate of drug-likeness (QED) is 0.719. The van der Waals surface area contributed by atoms with E-state index in [-0.39, 0.29) is 5.38 Å². The lowest BCUT2D eigenvalue weighted by atomic mass is 10.1. The molecule has 0 heterocycles. The van der Waals surface area contributed by atoms with Crippen LogP contribution in [0.25, 0.3) is 0 Å². The van der Waals surface area contributed by atoms with Crippen LogP contribution in [0.15, 0.2) is 24.3 Å². The van der Waals surface area contributed by atoms with Crippen molar-refractivity contribution in [3.05, 3.63) is 29.8 Å². The van der Waals surface area contributed by atoms with Gasteiger partial charge >= 0.3 is 0 Å². The summed E-state index contributed by atoms with van der Waals surface area (Å²) in [4.78, 5) is 4.44. The molecule has 96 valence electrons. The number of benzene rings is 1. The minimum Gasteiger partial charge on any atom is -0.378 e. The van der Waals surface area contributed by atoms with Gasteiger partial charge in [-0.15, -0.1) is 11.6 Å². The van der Waals surface area contributed by atoms with Gasteiger partial charge in [0, 0.05) is 26.3 Å². The Hall–Kier alpha value is -0.730. The Bertz CT molecular complexity index is 317. The maximum Gasteiger partial charge on any atom is 0.0712 e. The third-order valence-electron chi connectivity index (χ3n) is 3.08. The van der Waals surface area contributed by atoms with Gasteiger partial charge in [0.1, 0.15) is 0 Å². The number of anilines is 1. The fourth-order valence-electron chi connectivity index (χ4n) is 1.80. The van der Waals surface area contributed by atoms with Gasteiger partial charge < -0.3 is 9.80 Å². The first-order chi connectivity index (χ1) is 8.08. The van der Waals surface area contributed by atoms with Crippen LogP contribution in [0, 0.1) is 0 Å². The molecular weight excluding hydrogens is 232 g/mol. The largest absolute Gasteiger partial charge is 0.378 e. The van der Waals surface area contributed by atoms with E-state index in [1.807, 2.05) is 14.1 Å². The monoisotopic (exact) mass is 254 g/mol. The van der Waals surface area contributed by atoms with Crippen molar-refractivity contribution in [2.24, 2.45) is 0 Å². The van der Waals surface area contributed by atoms with Crippen molar-refractivity contribution in [2.45, 2.75) is 19.2 Å². The zero-order valence-electron chi connectivity index (χ0n) is 11.3. The van der Waals surface area contributed by atoms with Crippen molar-refractivity contribution in [2.75, 3.05) is 38.6 Å². The Kier molecular flexibility index (Phi) is 5.79. The van der Waals surface area contributed by atoms with E-state index >= 15 is 0 Å². The fraction of sp³-hybridized carbons (Fsp3) is 0.571. The van der Waals surface area contributed by atoms with Gasteiger partial charge in [-0.2, -0.15) is 0 Å². The van der Waals surface area contributed by atoms with Gasteiger partial charge in [-0.05, 0) is 30.8 Å². The second kappa shape index (κ2) is 6.87. The number of rotatable bonds is 6. The zero-order valence-corrected chi connectivity index (χ0v) is 12.0. The van der Waals surface area contributed by atoms with Gasteiger partial charge in [0.05, 0.1) is 5.38 Å². The Morgan fingerprint density at radius 1 is 1.06 bits per heavy atom. The predicted molar refractivity (Wildman–Crippen MR) is 77.2 cm³/mol. The molecule has 0 bridgehead atoms. The summed E-state index contributed by atoms with van der Waals surface area (Å²) in [6.07, 6.45) is 0. The summed E-state index contributed by atoms with van der Waals surface area (Å²) in [7, 11) is 4.09. The molecule has 1 unspecified atom stereocenters. The third kappa shape index (κ3) is 4.21. The molecule has 0 saturated carbocycles. The predicted octanol–water partition coefficient (Wildman–Crippen LogP) is 3.37. The summed E-state index contributed by atoms with van der Waals surface area (Å²) in [5, 5.41) is 0.0751. The van der Waals surface area contributed by atoms with Crippen molar-refractivity contribution in [1.82, 2.24) is 4.90 Å². The van der Waals surface area contributed by atoms with Crippen molar-refractivity contribution in [3.63, 3.8) is 0 Å². The van der Waals surface area contributed by atoms with Crippen molar-refractivity contribution >= 4 is 17.3 Å². The SMILES string of the molecule is CCN(CC)CC(Cl)c1ccc(N(C)C)cc1. The van der Waals surface area contributed by atoms with Gasteiger partial charge in [-0.25, -0.2) is 0 Å². The highest BCUT2D eigenvalue weighted by Crippen LogP contribution is 2.23. The maximum atomic E-state index is 6.44. The van der Waals surface area contributed by atoms with E-state index in [0.717, 1.165) is 19.6 Å². The van der Waals surface area contributed by atoms with Gasteiger partial charge in [0.15, 0.2) is 0 Å². The Morgan fingerprint density at radius 3 is 2.00 bits per heavy atom. The average molecular weight is 255 g/mol. The normalized spacial score (nSPS) is 12.8. The summed E-state index contributed by atoms with van der Waals surface area (Å²) in [6, 6.07) is 8.48. The molecule has 1 atom stereocenters. The molecule has 0 aliphatic heterocycles. The lowest BCUT2D eigenvalue weighted by molar-refractivity contribution is 0.304. The molecular formula is C14H23ClN2. The maximum absolute atomic E-state index is 6.44. The molecule has 1 aromatic rings. The summed E-state index contributed by atoms with van der Waals surface area (Å²) in [5.74, 6) is 0. The number of nitrogens with zero attached hydrogens (tertiary/aromatic N) is 2. The zero-order chi connectivity index (χ0) is 12.8. The molecule has 1 rings (SSSR count). The fourth-order valence-corrected chi connectivity index (χ4v) is 2.14. The molecule has 0 amide bonds. The van der Waals surface area contributed by atoms with E-state index in [1.165, 1.54) is 11.3 Å². The molecule has 0 radical (unpaired) electrons.